The largest absolute Gasteiger partial charge is 0.487 e. The Morgan fingerprint density at radius 2 is 2.28 bits per heavy atom. The summed E-state index contributed by atoms with van der Waals surface area (Å²) < 4.78 is 47.8. The average molecular weight is 418 g/mol. The fourth-order valence-electron chi connectivity index (χ4n) is 2.74. The van der Waals surface area contributed by atoms with Crippen molar-refractivity contribution in [2.45, 2.75) is 10.9 Å². The molecule has 0 saturated heterocycles. The minimum absolute atomic E-state index is 0.0797. The normalized spacial score (nSPS) is 17.0. The van der Waals surface area contributed by atoms with E-state index in [1.807, 2.05) is 0 Å². The summed E-state index contributed by atoms with van der Waals surface area (Å²) in [4.78, 5) is 12.5. The van der Waals surface area contributed by atoms with Crippen LogP contribution in [0.2, 0.25) is 0 Å². The minimum atomic E-state index is -4.04. The van der Waals surface area contributed by atoms with Gasteiger partial charge in [0.2, 0.25) is 10.0 Å². The van der Waals surface area contributed by atoms with Gasteiger partial charge in [-0.2, -0.15) is 9.98 Å². The lowest BCUT2D eigenvalue weighted by molar-refractivity contribution is 0.101. The molecule has 0 radical (unpaired) electrons. The first-order valence-electron chi connectivity index (χ1n) is 8.21. The number of ether oxygens (including phenoxy) is 1. The number of carbonyl (C=O) groups excluding carboxylic acids is 1. The number of nitrogens with one attached hydrogen (secondary N) is 2. The van der Waals surface area contributed by atoms with Crippen LogP contribution < -0.4 is 14.8 Å². The van der Waals surface area contributed by atoms with E-state index in [1.165, 1.54) is 23.9 Å². The Kier molecular flexibility index (Phi) is 5.57. The van der Waals surface area contributed by atoms with Gasteiger partial charge in [-0.15, -0.1) is 0 Å². The van der Waals surface area contributed by atoms with Crippen molar-refractivity contribution in [1.82, 2.24) is 9.29 Å². The molecule has 0 bridgehead atoms. The van der Waals surface area contributed by atoms with Crippen molar-refractivity contribution in [3.63, 3.8) is 0 Å². The van der Waals surface area contributed by atoms with Crippen LogP contribution in [0, 0.1) is 29.0 Å². The van der Waals surface area contributed by atoms with Gasteiger partial charge in [-0.25, -0.2) is 12.8 Å². The smallest absolute Gasteiger partial charge is 0.276 e. The zero-order valence-electron chi connectivity index (χ0n) is 15.1. The third-order valence-corrected chi connectivity index (χ3v) is 5.46. The maximum atomic E-state index is 13.5. The van der Waals surface area contributed by atoms with Gasteiger partial charge >= 0.3 is 0 Å². The number of hydrogen-bond acceptors (Lipinski definition) is 6. The molecule has 1 atom stereocenters. The fourth-order valence-corrected chi connectivity index (χ4v) is 4.07. The fraction of sp³-hybridized carbons (Fsp3) is 0.222. The quantitative estimate of drug-likeness (QED) is 0.602. The lowest BCUT2D eigenvalue weighted by atomic mass is 10.2. The highest BCUT2D eigenvalue weighted by molar-refractivity contribution is 7.89. The van der Waals surface area contributed by atoms with E-state index in [-0.39, 0.29) is 34.2 Å². The Morgan fingerprint density at radius 3 is 2.97 bits per heavy atom. The number of anilines is 1. The first kappa shape index (κ1) is 20.4. The number of fused-ring (bicyclic) bond motifs is 1. The molecule has 0 fully saturated rings. The van der Waals surface area contributed by atoms with Gasteiger partial charge in [0.25, 0.3) is 5.91 Å². The first-order valence-corrected chi connectivity index (χ1v) is 9.70. The molecule has 2 aromatic rings. The van der Waals surface area contributed by atoms with E-state index in [4.69, 9.17) is 15.1 Å². The molecule has 150 valence electrons. The number of benzene rings is 1. The second kappa shape index (κ2) is 7.93. The summed E-state index contributed by atoms with van der Waals surface area (Å²) in [6, 6.07) is 4.24. The van der Waals surface area contributed by atoms with Gasteiger partial charge in [0.05, 0.1) is 5.56 Å². The second-order valence-corrected chi connectivity index (χ2v) is 7.69. The Labute approximate surface area is 165 Å². The summed E-state index contributed by atoms with van der Waals surface area (Å²) in [5.41, 5.74) is -0.171. The lowest BCUT2D eigenvalue weighted by Crippen LogP contribution is -2.35. The average Bonchev–Trinajstić information content (AvgIpc) is 2.96. The van der Waals surface area contributed by atoms with Gasteiger partial charge in [-0.05, 0) is 18.2 Å². The van der Waals surface area contributed by atoms with Crippen LogP contribution in [0.5, 0.6) is 5.75 Å². The molecule has 0 aliphatic carbocycles. The van der Waals surface area contributed by atoms with Crippen LogP contribution in [0.1, 0.15) is 16.1 Å². The number of aliphatic hydroxyl groups is 1. The molecule has 1 aliphatic heterocycles. The summed E-state index contributed by atoms with van der Waals surface area (Å²) in [7, 11) is -2.57. The number of amides is 1. The molecular weight excluding hydrogens is 403 g/mol. The molecule has 9 nitrogen and oxygen atoms in total. The SMILES string of the molecule is Cn1cc2c(c1C(=O)Nc1ccc(F)c(C#N)c1)OC[C@H](C#CCO)NS2(=O)=O. The highest BCUT2D eigenvalue weighted by atomic mass is 32.2. The Balaban J connectivity index is 1.96. The van der Waals surface area contributed by atoms with Gasteiger partial charge < -0.3 is 19.7 Å². The Morgan fingerprint density at radius 1 is 1.52 bits per heavy atom. The van der Waals surface area contributed by atoms with Crippen molar-refractivity contribution in [3.8, 4) is 23.7 Å². The molecule has 29 heavy (non-hydrogen) atoms. The van der Waals surface area contributed by atoms with Crippen LogP contribution in [0.25, 0.3) is 0 Å². The van der Waals surface area contributed by atoms with Crippen LogP contribution >= 0.6 is 0 Å². The zero-order chi connectivity index (χ0) is 21.2. The summed E-state index contributed by atoms with van der Waals surface area (Å²) in [6.45, 7) is -0.624. The number of sulfonamides is 1. The van der Waals surface area contributed by atoms with Crippen molar-refractivity contribution >= 4 is 21.6 Å². The highest BCUT2D eigenvalue weighted by Crippen LogP contribution is 2.32. The van der Waals surface area contributed by atoms with E-state index >= 15 is 0 Å². The zero-order valence-corrected chi connectivity index (χ0v) is 15.9. The van der Waals surface area contributed by atoms with Crippen LogP contribution in [0.4, 0.5) is 10.1 Å². The molecule has 2 heterocycles. The van der Waals surface area contributed by atoms with Gasteiger partial charge in [0.1, 0.15) is 36.0 Å². The number of rotatable bonds is 2. The molecule has 0 saturated carbocycles. The van der Waals surface area contributed by atoms with Gasteiger partial charge in [0, 0.05) is 18.9 Å². The first-order chi connectivity index (χ1) is 13.8. The molecular formula is C18H15FN4O5S. The van der Waals surface area contributed by atoms with Crippen molar-refractivity contribution < 1.29 is 27.4 Å². The van der Waals surface area contributed by atoms with Crippen LogP contribution in [-0.4, -0.2) is 43.3 Å². The number of nitrogens with zero attached hydrogens (tertiary/aromatic N) is 2. The van der Waals surface area contributed by atoms with E-state index in [2.05, 4.69) is 21.9 Å². The standard InChI is InChI=1S/C18H15FN4O5S/c1-23-9-15-17(28-10-13(3-2-6-24)22-29(15,26)27)16(23)18(25)21-12-4-5-14(19)11(7-12)8-20/h4-5,7,9,13,22,24H,6,10H2,1H3,(H,21,25)/t13-/m0/s1. The molecule has 1 aromatic heterocycles. The Hall–Kier alpha value is -3.38. The number of carbonyl (C=O) groups is 1. The number of hydrogen-bond donors (Lipinski definition) is 3. The van der Waals surface area contributed by atoms with Crippen LogP contribution in [0.15, 0.2) is 29.3 Å². The van der Waals surface area contributed by atoms with Gasteiger partial charge in [0.15, 0.2) is 11.4 Å². The topological polar surface area (TPSA) is 133 Å². The maximum absolute atomic E-state index is 13.5. The van der Waals surface area contributed by atoms with Crippen molar-refractivity contribution in [1.29, 1.82) is 5.26 Å². The molecule has 3 rings (SSSR count). The van der Waals surface area contributed by atoms with Gasteiger partial charge in [-0.1, -0.05) is 11.8 Å². The summed E-state index contributed by atoms with van der Waals surface area (Å²) >= 11 is 0. The van der Waals surface area contributed by atoms with E-state index in [9.17, 15) is 17.6 Å². The Bertz CT molecular complexity index is 1190. The monoisotopic (exact) mass is 418 g/mol. The van der Waals surface area contributed by atoms with Crippen LogP contribution in [-0.2, 0) is 17.1 Å². The number of aliphatic hydroxyl groups excluding tert-OH is 1. The lowest BCUT2D eigenvalue weighted by Gasteiger charge is -2.11. The predicted molar refractivity (Wildman–Crippen MR) is 98.9 cm³/mol. The van der Waals surface area contributed by atoms with Crippen molar-refractivity contribution in [2.24, 2.45) is 7.05 Å². The van der Waals surface area contributed by atoms with Crippen molar-refractivity contribution in [3.05, 3.63) is 41.5 Å². The predicted octanol–water partition coefficient (Wildman–Crippen LogP) is 0.323. The number of halogens is 1. The summed E-state index contributed by atoms with van der Waals surface area (Å²) in [6.07, 6.45) is 1.22. The van der Waals surface area contributed by atoms with E-state index in [1.54, 1.807) is 6.07 Å². The molecule has 11 heteroatoms. The third-order valence-electron chi connectivity index (χ3n) is 4.00. The molecule has 1 aromatic carbocycles. The summed E-state index contributed by atoms with van der Waals surface area (Å²) in [5.74, 6) is 3.28. The summed E-state index contributed by atoms with van der Waals surface area (Å²) in [5, 5.41) is 20.2. The van der Waals surface area contributed by atoms with E-state index in [0.29, 0.717) is 0 Å². The molecule has 0 unspecified atom stereocenters. The van der Waals surface area contributed by atoms with Gasteiger partial charge in [-0.3, -0.25) is 4.79 Å². The van der Waals surface area contributed by atoms with E-state index < -0.39 is 34.4 Å². The maximum Gasteiger partial charge on any atom is 0.276 e. The molecule has 3 N–H and O–H groups in total. The molecule has 0 spiro atoms. The van der Waals surface area contributed by atoms with Crippen molar-refractivity contribution in [2.75, 3.05) is 18.5 Å². The number of aryl methyl sites for hydroxylation is 1. The number of nitriles is 1. The number of aromatic nitrogens is 1. The highest BCUT2D eigenvalue weighted by Gasteiger charge is 2.34. The third kappa shape index (κ3) is 4.07. The van der Waals surface area contributed by atoms with E-state index in [0.717, 1.165) is 12.1 Å². The molecule has 1 amide bonds. The van der Waals surface area contributed by atoms with Crippen LogP contribution in [0.3, 0.4) is 0 Å². The second-order valence-electron chi connectivity index (χ2n) is 6.01. The minimum Gasteiger partial charge on any atom is -0.487 e. The molecule has 1 aliphatic rings.